The second kappa shape index (κ2) is 6.41. The molecule has 20 heavy (non-hydrogen) atoms. The van der Waals surface area contributed by atoms with Gasteiger partial charge in [-0.25, -0.2) is 9.18 Å². The molecule has 1 aliphatic carbocycles. The zero-order chi connectivity index (χ0) is 14.5. The molecule has 0 amide bonds. The van der Waals surface area contributed by atoms with Crippen LogP contribution in [-0.4, -0.2) is 17.6 Å². The molecule has 0 radical (unpaired) electrons. The smallest absolute Gasteiger partial charge is 0.338 e. The quantitative estimate of drug-likeness (QED) is 0.570. The van der Waals surface area contributed by atoms with E-state index in [2.05, 4.69) is 11.4 Å². The Balaban J connectivity index is 1.97. The molecule has 108 valence electrons. The fraction of sp³-hybridized carbons (Fsp3) is 0.400. The summed E-state index contributed by atoms with van der Waals surface area (Å²) in [5.41, 5.74) is 7.46. The predicted octanol–water partition coefficient (Wildman–Crippen LogP) is 3.41. The molecule has 0 unspecified atom stereocenters. The van der Waals surface area contributed by atoms with Gasteiger partial charge in [-0.2, -0.15) is 0 Å². The number of nitrogens with one attached hydrogen (secondary N) is 1. The van der Waals surface area contributed by atoms with E-state index in [9.17, 15) is 9.18 Å². The molecule has 0 saturated heterocycles. The Morgan fingerprint density at radius 3 is 2.85 bits per heavy atom. The van der Waals surface area contributed by atoms with Gasteiger partial charge in [0.25, 0.3) is 0 Å². The number of carboxylic acid groups (broad SMARTS) is 1. The molecular weight excluding hydrogens is 259 g/mol. The van der Waals surface area contributed by atoms with E-state index < -0.39 is 17.3 Å². The van der Waals surface area contributed by atoms with Gasteiger partial charge in [0.05, 0.1) is 16.9 Å². The van der Waals surface area contributed by atoms with Crippen LogP contribution < -0.4 is 11.1 Å². The van der Waals surface area contributed by atoms with Crippen LogP contribution >= 0.6 is 0 Å². The summed E-state index contributed by atoms with van der Waals surface area (Å²) in [6.07, 6.45) is 7.93. The number of hydrogen-bond donors (Lipinski definition) is 3. The van der Waals surface area contributed by atoms with E-state index in [0.29, 0.717) is 12.2 Å². The van der Waals surface area contributed by atoms with Gasteiger partial charge in [0.1, 0.15) is 5.82 Å². The molecule has 0 aliphatic heterocycles. The lowest BCUT2D eigenvalue weighted by Crippen LogP contribution is -2.09. The molecule has 0 atom stereocenters. The van der Waals surface area contributed by atoms with E-state index in [1.165, 1.54) is 18.4 Å². The molecule has 0 saturated carbocycles. The van der Waals surface area contributed by atoms with Crippen LogP contribution in [0.5, 0.6) is 0 Å². The highest BCUT2D eigenvalue weighted by atomic mass is 19.1. The monoisotopic (exact) mass is 278 g/mol. The van der Waals surface area contributed by atoms with Gasteiger partial charge in [0.15, 0.2) is 0 Å². The van der Waals surface area contributed by atoms with Gasteiger partial charge < -0.3 is 16.2 Å². The third kappa shape index (κ3) is 3.50. The minimum absolute atomic E-state index is 0.251. The van der Waals surface area contributed by atoms with Crippen molar-refractivity contribution < 1.29 is 14.3 Å². The molecule has 0 bridgehead atoms. The summed E-state index contributed by atoms with van der Waals surface area (Å²) in [4.78, 5) is 10.8. The normalized spacial score (nSPS) is 14.8. The maximum absolute atomic E-state index is 13.6. The number of hydrogen-bond acceptors (Lipinski definition) is 3. The number of aromatic carboxylic acids is 1. The van der Waals surface area contributed by atoms with E-state index in [0.717, 1.165) is 31.4 Å². The van der Waals surface area contributed by atoms with Gasteiger partial charge in [-0.3, -0.25) is 0 Å². The minimum atomic E-state index is -1.31. The molecular formula is C15H19FN2O2. The van der Waals surface area contributed by atoms with Crippen molar-refractivity contribution in [3.8, 4) is 0 Å². The minimum Gasteiger partial charge on any atom is -0.478 e. The highest BCUT2D eigenvalue weighted by molar-refractivity contribution is 5.90. The number of nitrogen functional groups attached to an aromatic ring is 1. The molecule has 4 N–H and O–H groups in total. The summed E-state index contributed by atoms with van der Waals surface area (Å²) < 4.78 is 13.6. The zero-order valence-electron chi connectivity index (χ0n) is 11.3. The summed E-state index contributed by atoms with van der Waals surface area (Å²) in [5.74, 6) is -2.08. The number of nitrogens with two attached hydrogens (primary N) is 1. The van der Waals surface area contributed by atoms with Crippen molar-refractivity contribution in [3.63, 3.8) is 0 Å². The van der Waals surface area contributed by atoms with Crippen LogP contribution in [0.1, 0.15) is 42.5 Å². The molecule has 1 aliphatic rings. The van der Waals surface area contributed by atoms with Crippen molar-refractivity contribution in [2.75, 3.05) is 17.6 Å². The molecule has 1 aromatic rings. The summed E-state index contributed by atoms with van der Waals surface area (Å²) in [6, 6.07) is 2.30. The van der Waals surface area contributed by atoms with E-state index in [4.69, 9.17) is 10.8 Å². The van der Waals surface area contributed by atoms with E-state index in [1.807, 2.05) is 0 Å². The zero-order valence-corrected chi connectivity index (χ0v) is 11.3. The van der Waals surface area contributed by atoms with Crippen LogP contribution in [0.2, 0.25) is 0 Å². The lowest BCUT2D eigenvalue weighted by atomic mass is 9.97. The Hall–Kier alpha value is -2.04. The number of carbonyl (C=O) groups is 1. The van der Waals surface area contributed by atoms with Gasteiger partial charge in [-0.1, -0.05) is 11.6 Å². The maximum atomic E-state index is 13.6. The molecule has 0 heterocycles. The Morgan fingerprint density at radius 2 is 2.20 bits per heavy atom. The lowest BCUT2D eigenvalue weighted by molar-refractivity contribution is 0.0692. The Kier molecular flexibility index (Phi) is 4.61. The number of allylic oxidation sites excluding steroid dienone is 1. The summed E-state index contributed by atoms with van der Waals surface area (Å²) >= 11 is 0. The fourth-order valence-corrected chi connectivity index (χ4v) is 2.40. The number of rotatable bonds is 5. The molecule has 0 spiro atoms. The Labute approximate surface area is 117 Å². The van der Waals surface area contributed by atoms with Crippen molar-refractivity contribution in [1.29, 1.82) is 0 Å². The van der Waals surface area contributed by atoms with Crippen LogP contribution in [0, 0.1) is 5.82 Å². The van der Waals surface area contributed by atoms with Crippen LogP contribution in [0.3, 0.4) is 0 Å². The van der Waals surface area contributed by atoms with Gasteiger partial charge >= 0.3 is 5.97 Å². The topological polar surface area (TPSA) is 75.4 Å². The first kappa shape index (κ1) is 14.4. The molecule has 0 aromatic heterocycles. The summed E-state index contributed by atoms with van der Waals surface area (Å²) in [5, 5.41) is 11.9. The number of benzene rings is 1. The first-order chi connectivity index (χ1) is 9.58. The third-order valence-electron chi connectivity index (χ3n) is 3.52. The number of anilines is 2. The van der Waals surface area contributed by atoms with Gasteiger partial charge in [0, 0.05) is 6.54 Å². The van der Waals surface area contributed by atoms with Crippen molar-refractivity contribution >= 4 is 17.3 Å². The summed E-state index contributed by atoms with van der Waals surface area (Å²) in [7, 11) is 0. The lowest BCUT2D eigenvalue weighted by Gasteiger charge is -2.14. The highest BCUT2D eigenvalue weighted by Gasteiger charge is 2.13. The van der Waals surface area contributed by atoms with Crippen LogP contribution in [0.4, 0.5) is 15.8 Å². The number of halogens is 1. The summed E-state index contributed by atoms with van der Waals surface area (Å²) in [6.45, 7) is 0.669. The first-order valence-corrected chi connectivity index (χ1v) is 6.82. The molecule has 1 aromatic carbocycles. The second-order valence-corrected chi connectivity index (χ2v) is 5.01. The van der Waals surface area contributed by atoms with Crippen LogP contribution in [-0.2, 0) is 0 Å². The van der Waals surface area contributed by atoms with Crippen molar-refractivity contribution in [2.45, 2.75) is 32.1 Å². The van der Waals surface area contributed by atoms with E-state index in [1.54, 1.807) is 0 Å². The number of carboxylic acids is 1. The Morgan fingerprint density at radius 1 is 1.40 bits per heavy atom. The van der Waals surface area contributed by atoms with Gasteiger partial charge in [-0.15, -0.1) is 0 Å². The molecule has 2 rings (SSSR count). The van der Waals surface area contributed by atoms with Crippen LogP contribution in [0.25, 0.3) is 0 Å². The SMILES string of the molecule is Nc1cc(C(=O)O)c(F)cc1NCCC1=CCCCC1. The maximum Gasteiger partial charge on any atom is 0.338 e. The van der Waals surface area contributed by atoms with Crippen molar-refractivity contribution in [3.05, 3.63) is 35.2 Å². The highest BCUT2D eigenvalue weighted by Crippen LogP contribution is 2.24. The van der Waals surface area contributed by atoms with Gasteiger partial charge in [0.2, 0.25) is 0 Å². The van der Waals surface area contributed by atoms with Crippen LogP contribution in [0.15, 0.2) is 23.8 Å². The molecule has 0 fully saturated rings. The predicted molar refractivity (Wildman–Crippen MR) is 77.4 cm³/mol. The van der Waals surface area contributed by atoms with E-state index in [-0.39, 0.29) is 5.69 Å². The second-order valence-electron chi connectivity index (χ2n) is 5.01. The van der Waals surface area contributed by atoms with E-state index >= 15 is 0 Å². The largest absolute Gasteiger partial charge is 0.478 e. The average molecular weight is 278 g/mol. The van der Waals surface area contributed by atoms with Gasteiger partial charge in [-0.05, 0) is 44.2 Å². The third-order valence-corrected chi connectivity index (χ3v) is 3.52. The van der Waals surface area contributed by atoms with Crippen molar-refractivity contribution in [2.24, 2.45) is 0 Å². The molecule has 5 heteroatoms. The van der Waals surface area contributed by atoms with Crippen molar-refractivity contribution in [1.82, 2.24) is 0 Å². The fourth-order valence-electron chi connectivity index (χ4n) is 2.40. The standard InChI is InChI=1S/C15H19FN2O2/c16-12-9-14(13(17)8-11(12)15(19)20)18-7-6-10-4-2-1-3-5-10/h4,8-9,18H,1-3,5-7,17H2,(H,19,20). The molecule has 4 nitrogen and oxygen atoms in total. The average Bonchev–Trinajstić information content (AvgIpc) is 2.43. The first-order valence-electron chi connectivity index (χ1n) is 6.82. The Bertz CT molecular complexity index is 541.